The van der Waals surface area contributed by atoms with Crippen molar-refractivity contribution in [2.24, 2.45) is 0 Å². The van der Waals surface area contributed by atoms with Crippen LogP contribution in [0.25, 0.3) is 0 Å². The minimum atomic E-state index is -3.43. The standard InChI is InChI=1S/C10H17N3O3S/c1-2-9-11-10(13-12-9)17(14,15)7-8-5-3-4-6-16-8/h8H,2-7H2,1H3,(H,11,12,13)/t8-/m0/s1. The van der Waals surface area contributed by atoms with Crippen LogP contribution in [-0.4, -0.2) is 42.1 Å². The first-order chi connectivity index (χ1) is 8.12. The van der Waals surface area contributed by atoms with E-state index in [2.05, 4.69) is 15.2 Å². The van der Waals surface area contributed by atoms with Crippen LogP contribution in [0.2, 0.25) is 0 Å². The third kappa shape index (κ3) is 3.04. The van der Waals surface area contributed by atoms with Crippen LogP contribution in [-0.2, 0) is 21.0 Å². The first kappa shape index (κ1) is 12.5. The van der Waals surface area contributed by atoms with Crippen molar-refractivity contribution in [3.8, 4) is 0 Å². The lowest BCUT2D eigenvalue weighted by Crippen LogP contribution is -2.28. The van der Waals surface area contributed by atoms with Crippen LogP contribution >= 0.6 is 0 Å². The summed E-state index contributed by atoms with van der Waals surface area (Å²) in [6, 6.07) is 0. The molecule has 1 N–H and O–H groups in total. The molecule has 96 valence electrons. The SMILES string of the molecule is CCc1nc(S(=O)(=O)C[C@@H]2CCCCO2)n[nH]1. The highest BCUT2D eigenvalue weighted by Gasteiger charge is 2.26. The molecule has 17 heavy (non-hydrogen) atoms. The number of aromatic amines is 1. The zero-order valence-electron chi connectivity index (χ0n) is 9.85. The molecular formula is C10H17N3O3S. The van der Waals surface area contributed by atoms with Gasteiger partial charge in [-0.15, -0.1) is 5.10 Å². The molecule has 0 aromatic carbocycles. The zero-order chi connectivity index (χ0) is 12.3. The van der Waals surface area contributed by atoms with E-state index >= 15 is 0 Å². The third-order valence-corrected chi connectivity index (χ3v) is 4.35. The van der Waals surface area contributed by atoms with Gasteiger partial charge in [0.15, 0.2) is 0 Å². The van der Waals surface area contributed by atoms with E-state index in [1.807, 2.05) is 6.92 Å². The molecule has 1 aromatic heterocycles. The molecule has 1 aromatic rings. The average molecular weight is 259 g/mol. The maximum Gasteiger partial charge on any atom is 0.266 e. The van der Waals surface area contributed by atoms with Crippen molar-refractivity contribution in [2.75, 3.05) is 12.4 Å². The van der Waals surface area contributed by atoms with Gasteiger partial charge >= 0.3 is 0 Å². The van der Waals surface area contributed by atoms with Crippen LogP contribution in [0.15, 0.2) is 5.16 Å². The lowest BCUT2D eigenvalue weighted by molar-refractivity contribution is 0.0304. The molecule has 2 heterocycles. The maximum atomic E-state index is 12.0. The predicted octanol–water partition coefficient (Wildman–Crippen LogP) is 0.710. The Labute approximate surface area is 101 Å². The lowest BCUT2D eigenvalue weighted by Gasteiger charge is -2.21. The number of nitrogens with zero attached hydrogens (tertiary/aromatic N) is 2. The Bertz CT molecular complexity index is 463. The number of aryl methyl sites for hydroxylation is 1. The lowest BCUT2D eigenvalue weighted by atomic mass is 10.1. The molecule has 1 saturated heterocycles. The average Bonchev–Trinajstić information content (AvgIpc) is 2.79. The van der Waals surface area contributed by atoms with E-state index in [0.717, 1.165) is 19.3 Å². The van der Waals surface area contributed by atoms with E-state index in [4.69, 9.17) is 4.74 Å². The molecule has 0 saturated carbocycles. The van der Waals surface area contributed by atoms with Gasteiger partial charge < -0.3 is 4.74 Å². The topological polar surface area (TPSA) is 84.9 Å². The van der Waals surface area contributed by atoms with E-state index in [9.17, 15) is 8.42 Å². The van der Waals surface area contributed by atoms with Crippen LogP contribution in [0.3, 0.4) is 0 Å². The van der Waals surface area contributed by atoms with E-state index in [0.29, 0.717) is 18.9 Å². The second-order valence-electron chi connectivity index (χ2n) is 4.19. The Morgan fingerprint density at radius 2 is 2.29 bits per heavy atom. The predicted molar refractivity (Wildman–Crippen MR) is 61.4 cm³/mol. The van der Waals surface area contributed by atoms with Crippen LogP contribution in [0.1, 0.15) is 32.0 Å². The molecular weight excluding hydrogens is 242 g/mol. The van der Waals surface area contributed by atoms with Crippen molar-refractivity contribution in [2.45, 2.75) is 43.9 Å². The molecule has 0 unspecified atom stereocenters. The van der Waals surface area contributed by atoms with Crippen molar-refractivity contribution in [1.29, 1.82) is 0 Å². The first-order valence-electron chi connectivity index (χ1n) is 5.87. The molecule has 1 aliphatic rings. The Morgan fingerprint density at radius 1 is 1.47 bits per heavy atom. The summed E-state index contributed by atoms with van der Waals surface area (Å²) in [5, 5.41) is 6.25. The minimum absolute atomic E-state index is 0.0198. The number of hydrogen-bond donors (Lipinski definition) is 1. The number of rotatable bonds is 4. The Balaban J connectivity index is 2.07. The molecule has 1 atom stereocenters. The van der Waals surface area contributed by atoms with Gasteiger partial charge in [-0.3, -0.25) is 5.10 Å². The number of ether oxygens (including phenoxy) is 1. The summed E-state index contributed by atoms with van der Waals surface area (Å²) in [6.45, 7) is 2.54. The van der Waals surface area contributed by atoms with Crippen molar-refractivity contribution < 1.29 is 13.2 Å². The van der Waals surface area contributed by atoms with Crippen LogP contribution < -0.4 is 0 Å². The number of hydrogen-bond acceptors (Lipinski definition) is 5. The number of sulfone groups is 1. The molecule has 0 bridgehead atoms. The van der Waals surface area contributed by atoms with E-state index < -0.39 is 9.84 Å². The summed E-state index contributed by atoms with van der Waals surface area (Å²) in [5.41, 5.74) is 0. The van der Waals surface area contributed by atoms with Gasteiger partial charge in [0.1, 0.15) is 5.82 Å². The second kappa shape index (κ2) is 5.14. The van der Waals surface area contributed by atoms with Crippen LogP contribution in [0.4, 0.5) is 0 Å². The molecule has 1 fully saturated rings. The number of aromatic nitrogens is 3. The monoisotopic (exact) mass is 259 g/mol. The third-order valence-electron chi connectivity index (χ3n) is 2.80. The van der Waals surface area contributed by atoms with Crippen LogP contribution in [0, 0.1) is 0 Å². The molecule has 0 spiro atoms. The first-order valence-corrected chi connectivity index (χ1v) is 7.52. The largest absolute Gasteiger partial charge is 0.377 e. The van der Waals surface area contributed by atoms with Gasteiger partial charge in [-0.1, -0.05) is 6.92 Å². The molecule has 1 aliphatic heterocycles. The van der Waals surface area contributed by atoms with Gasteiger partial charge in [-0.25, -0.2) is 13.4 Å². The molecule has 7 heteroatoms. The summed E-state index contributed by atoms with van der Waals surface area (Å²) >= 11 is 0. The summed E-state index contributed by atoms with van der Waals surface area (Å²) in [4.78, 5) is 3.96. The maximum absolute atomic E-state index is 12.0. The van der Waals surface area contributed by atoms with Crippen molar-refractivity contribution >= 4 is 9.84 Å². The van der Waals surface area contributed by atoms with Crippen molar-refractivity contribution in [1.82, 2.24) is 15.2 Å². The molecule has 2 rings (SSSR count). The molecule has 0 aliphatic carbocycles. The summed E-state index contributed by atoms with van der Waals surface area (Å²) in [7, 11) is -3.43. The quantitative estimate of drug-likeness (QED) is 0.860. The summed E-state index contributed by atoms with van der Waals surface area (Å²) in [6.07, 6.45) is 3.26. The normalized spacial score (nSPS) is 21.6. The van der Waals surface area contributed by atoms with Gasteiger partial charge in [-0.2, -0.15) is 0 Å². The van der Waals surface area contributed by atoms with Gasteiger partial charge in [0.25, 0.3) is 5.16 Å². The molecule has 0 amide bonds. The number of H-pyrrole nitrogens is 1. The summed E-state index contributed by atoms with van der Waals surface area (Å²) in [5.74, 6) is 0.571. The van der Waals surface area contributed by atoms with Crippen molar-refractivity contribution in [3.05, 3.63) is 5.82 Å². The molecule has 0 radical (unpaired) electrons. The fraction of sp³-hybridized carbons (Fsp3) is 0.800. The Hall–Kier alpha value is -0.950. The van der Waals surface area contributed by atoms with E-state index in [1.54, 1.807) is 0 Å². The van der Waals surface area contributed by atoms with Gasteiger partial charge in [-0.05, 0) is 19.3 Å². The highest BCUT2D eigenvalue weighted by molar-refractivity contribution is 7.91. The highest BCUT2D eigenvalue weighted by Crippen LogP contribution is 2.17. The molecule has 6 nitrogen and oxygen atoms in total. The van der Waals surface area contributed by atoms with Crippen LogP contribution in [0.5, 0.6) is 0 Å². The van der Waals surface area contributed by atoms with E-state index in [1.165, 1.54) is 0 Å². The zero-order valence-corrected chi connectivity index (χ0v) is 10.7. The highest BCUT2D eigenvalue weighted by atomic mass is 32.2. The smallest absolute Gasteiger partial charge is 0.266 e. The Kier molecular flexibility index (Phi) is 3.78. The summed E-state index contributed by atoms with van der Waals surface area (Å²) < 4.78 is 29.4. The van der Waals surface area contributed by atoms with Gasteiger partial charge in [0.2, 0.25) is 9.84 Å². The fourth-order valence-electron chi connectivity index (χ4n) is 1.83. The van der Waals surface area contributed by atoms with Crippen molar-refractivity contribution in [3.63, 3.8) is 0 Å². The van der Waals surface area contributed by atoms with E-state index in [-0.39, 0.29) is 17.0 Å². The van der Waals surface area contributed by atoms with Gasteiger partial charge in [0, 0.05) is 13.0 Å². The Morgan fingerprint density at radius 3 is 2.88 bits per heavy atom. The minimum Gasteiger partial charge on any atom is -0.377 e. The second-order valence-corrected chi connectivity index (χ2v) is 6.12. The van der Waals surface area contributed by atoms with Gasteiger partial charge in [0.05, 0.1) is 11.9 Å². The number of nitrogens with one attached hydrogen (secondary N) is 1. The fourth-order valence-corrected chi connectivity index (χ4v) is 3.17.